The van der Waals surface area contributed by atoms with Gasteiger partial charge in [-0.1, -0.05) is 19.8 Å². The van der Waals surface area contributed by atoms with Gasteiger partial charge in [-0.2, -0.15) is 0 Å². The lowest BCUT2D eigenvalue weighted by atomic mass is 9.71. The van der Waals surface area contributed by atoms with Crippen LogP contribution < -0.4 is 0 Å². The summed E-state index contributed by atoms with van der Waals surface area (Å²) >= 11 is 0. The minimum Gasteiger partial charge on any atom is -0.480 e. The first kappa shape index (κ1) is 13.9. The average molecular weight is 254 g/mol. The molecule has 0 amide bonds. The van der Waals surface area contributed by atoms with E-state index in [1.54, 1.807) is 0 Å². The number of carboxylic acid groups (broad SMARTS) is 1. The van der Waals surface area contributed by atoms with Crippen molar-refractivity contribution in [3.8, 4) is 0 Å². The second-order valence-corrected chi connectivity index (χ2v) is 6.26. The molecule has 0 aromatic rings. The highest BCUT2D eigenvalue weighted by Gasteiger charge is 2.30. The van der Waals surface area contributed by atoms with E-state index in [4.69, 9.17) is 9.84 Å². The summed E-state index contributed by atoms with van der Waals surface area (Å²) in [6.45, 7) is 2.24. The molecule has 0 aromatic carbocycles. The third-order valence-electron chi connectivity index (χ3n) is 4.89. The first-order chi connectivity index (χ1) is 8.65. The molecule has 0 spiro atoms. The van der Waals surface area contributed by atoms with E-state index >= 15 is 0 Å². The van der Waals surface area contributed by atoms with Crippen LogP contribution >= 0.6 is 0 Å². The summed E-state index contributed by atoms with van der Waals surface area (Å²) in [6.07, 6.45) is 10.4. The van der Waals surface area contributed by atoms with Crippen molar-refractivity contribution in [1.82, 2.24) is 0 Å². The predicted molar refractivity (Wildman–Crippen MR) is 70.5 cm³/mol. The smallest absolute Gasteiger partial charge is 0.329 e. The molecule has 0 bridgehead atoms. The molecule has 0 saturated heterocycles. The molecule has 104 valence electrons. The van der Waals surface area contributed by atoms with Gasteiger partial charge >= 0.3 is 5.97 Å². The molecule has 2 saturated carbocycles. The zero-order valence-electron chi connectivity index (χ0n) is 11.4. The van der Waals surface area contributed by atoms with Crippen LogP contribution in [0.25, 0.3) is 0 Å². The lowest BCUT2D eigenvalue weighted by Gasteiger charge is -2.37. The molecular weight excluding hydrogens is 228 g/mol. The first-order valence-corrected chi connectivity index (χ1v) is 7.48. The number of aliphatic carboxylic acids is 1. The van der Waals surface area contributed by atoms with E-state index in [-0.39, 0.29) is 12.7 Å². The summed E-state index contributed by atoms with van der Waals surface area (Å²) in [5.74, 6) is 1.89. The van der Waals surface area contributed by atoms with E-state index in [1.807, 2.05) is 0 Å². The summed E-state index contributed by atoms with van der Waals surface area (Å²) in [4.78, 5) is 10.5. The lowest BCUT2D eigenvalue weighted by Crippen LogP contribution is -2.29. The Labute approximate surface area is 110 Å². The highest BCUT2D eigenvalue weighted by atomic mass is 16.5. The predicted octanol–water partition coefficient (Wildman–Crippen LogP) is 3.47. The van der Waals surface area contributed by atoms with E-state index in [9.17, 15) is 4.79 Å². The number of hydrogen-bond donors (Lipinski definition) is 1. The molecule has 2 rings (SSSR count). The van der Waals surface area contributed by atoms with Gasteiger partial charge in [-0.3, -0.25) is 0 Å². The van der Waals surface area contributed by atoms with Crippen LogP contribution in [0.2, 0.25) is 0 Å². The molecule has 2 aliphatic rings. The Kier molecular flexibility index (Phi) is 5.04. The maximum Gasteiger partial charge on any atom is 0.329 e. The van der Waals surface area contributed by atoms with Crippen molar-refractivity contribution in [2.45, 2.75) is 64.4 Å². The molecule has 0 atom stereocenters. The molecule has 3 nitrogen and oxygen atoms in total. The maximum atomic E-state index is 10.5. The Hall–Kier alpha value is -0.570. The van der Waals surface area contributed by atoms with Crippen molar-refractivity contribution in [3.63, 3.8) is 0 Å². The Morgan fingerprint density at radius 3 is 2.00 bits per heavy atom. The van der Waals surface area contributed by atoms with Crippen LogP contribution in [-0.2, 0) is 9.53 Å². The Bertz CT molecular complexity index is 261. The second-order valence-electron chi connectivity index (χ2n) is 6.26. The van der Waals surface area contributed by atoms with Crippen molar-refractivity contribution in [2.75, 3.05) is 6.61 Å². The van der Waals surface area contributed by atoms with Crippen LogP contribution in [0.5, 0.6) is 0 Å². The normalized spacial score (nSPS) is 37.4. The van der Waals surface area contributed by atoms with Gasteiger partial charge in [0, 0.05) is 0 Å². The van der Waals surface area contributed by atoms with Gasteiger partial charge in [0.15, 0.2) is 0 Å². The van der Waals surface area contributed by atoms with Gasteiger partial charge in [-0.15, -0.1) is 0 Å². The lowest BCUT2D eigenvalue weighted by molar-refractivity contribution is -0.145. The van der Waals surface area contributed by atoms with Gasteiger partial charge < -0.3 is 9.84 Å². The van der Waals surface area contributed by atoms with E-state index in [0.717, 1.165) is 30.6 Å². The fourth-order valence-corrected chi connectivity index (χ4v) is 3.67. The molecule has 18 heavy (non-hydrogen) atoms. The van der Waals surface area contributed by atoms with E-state index < -0.39 is 5.97 Å². The van der Waals surface area contributed by atoms with Crippen LogP contribution in [-0.4, -0.2) is 23.8 Å². The van der Waals surface area contributed by atoms with Crippen LogP contribution in [0.3, 0.4) is 0 Å². The number of hydrogen-bond acceptors (Lipinski definition) is 2. The molecule has 0 unspecified atom stereocenters. The highest BCUT2D eigenvalue weighted by Crippen LogP contribution is 2.40. The Morgan fingerprint density at radius 1 is 1.00 bits per heavy atom. The minimum atomic E-state index is -0.849. The topological polar surface area (TPSA) is 46.5 Å². The number of ether oxygens (including phenoxy) is 1. The molecule has 0 radical (unpaired) electrons. The summed E-state index contributed by atoms with van der Waals surface area (Å²) in [5.41, 5.74) is 0. The summed E-state index contributed by atoms with van der Waals surface area (Å²) in [7, 11) is 0. The quantitative estimate of drug-likeness (QED) is 0.835. The Morgan fingerprint density at radius 2 is 1.50 bits per heavy atom. The fourth-order valence-electron chi connectivity index (χ4n) is 3.67. The maximum absolute atomic E-state index is 10.5. The van der Waals surface area contributed by atoms with Gasteiger partial charge in [0.1, 0.15) is 6.61 Å². The largest absolute Gasteiger partial charge is 0.480 e. The molecule has 3 heteroatoms. The number of carbonyl (C=O) groups is 1. The zero-order valence-corrected chi connectivity index (χ0v) is 11.4. The molecule has 0 heterocycles. The Balaban J connectivity index is 1.68. The third kappa shape index (κ3) is 3.98. The van der Waals surface area contributed by atoms with Crippen LogP contribution in [0.15, 0.2) is 0 Å². The van der Waals surface area contributed by atoms with E-state index in [2.05, 4.69) is 6.92 Å². The van der Waals surface area contributed by atoms with Gasteiger partial charge in [0.25, 0.3) is 0 Å². The van der Waals surface area contributed by atoms with Gasteiger partial charge in [0.05, 0.1) is 6.10 Å². The summed E-state index contributed by atoms with van der Waals surface area (Å²) in [5, 5.41) is 8.60. The van der Waals surface area contributed by atoms with Crippen molar-refractivity contribution in [2.24, 2.45) is 17.8 Å². The van der Waals surface area contributed by atoms with E-state index in [0.29, 0.717) is 0 Å². The van der Waals surface area contributed by atoms with Crippen molar-refractivity contribution in [3.05, 3.63) is 0 Å². The van der Waals surface area contributed by atoms with Crippen LogP contribution in [0.4, 0.5) is 0 Å². The molecular formula is C15H26O3. The van der Waals surface area contributed by atoms with Crippen molar-refractivity contribution in [1.29, 1.82) is 0 Å². The number of rotatable bonds is 4. The summed E-state index contributed by atoms with van der Waals surface area (Å²) < 4.78 is 5.40. The monoisotopic (exact) mass is 254 g/mol. The van der Waals surface area contributed by atoms with Crippen molar-refractivity contribution >= 4 is 5.97 Å². The number of carboxylic acids is 1. The minimum absolute atomic E-state index is 0.129. The third-order valence-corrected chi connectivity index (χ3v) is 4.89. The second kappa shape index (κ2) is 6.55. The summed E-state index contributed by atoms with van der Waals surface area (Å²) in [6, 6.07) is 0. The highest BCUT2D eigenvalue weighted by molar-refractivity contribution is 5.68. The first-order valence-electron chi connectivity index (χ1n) is 7.48. The zero-order chi connectivity index (χ0) is 13.0. The van der Waals surface area contributed by atoms with Crippen LogP contribution in [0, 0.1) is 17.8 Å². The molecule has 0 aliphatic heterocycles. The average Bonchev–Trinajstić information content (AvgIpc) is 2.38. The standard InChI is InChI=1S/C15H26O3/c1-11-2-4-12(5-3-11)13-6-8-14(9-7-13)18-10-15(16)17/h11-14H,2-10H2,1H3,(H,16,17). The molecule has 2 fully saturated rings. The molecule has 1 N–H and O–H groups in total. The van der Waals surface area contributed by atoms with Gasteiger partial charge in [-0.05, 0) is 56.3 Å². The van der Waals surface area contributed by atoms with Gasteiger partial charge in [-0.25, -0.2) is 4.79 Å². The van der Waals surface area contributed by atoms with Crippen molar-refractivity contribution < 1.29 is 14.6 Å². The van der Waals surface area contributed by atoms with Crippen LogP contribution in [0.1, 0.15) is 58.3 Å². The molecule has 2 aliphatic carbocycles. The molecule has 0 aromatic heterocycles. The fraction of sp³-hybridized carbons (Fsp3) is 0.933. The van der Waals surface area contributed by atoms with E-state index in [1.165, 1.54) is 38.5 Å². The SMILES string of the molecule is CC1CCC(C2CCC(OCC(=O)O)CC2)CC1. The van der Waals surface area contributed by atoms with Gasteiger partial charge in [0.2, 0.25) is 0 Å².